The number of aliphatic hydroxyl groups excluding tert-OH is 3. The third-order valence-electron chi connectivity index (χ3n) is 2.97. The van der Waals surface area contributed by atoms with Crippen molar-refractivity contribution in [3.63, 3.8) is 0 Å². The van der Waals surface area contributed by atoms with Crippen LogP contribution in [0.5, 0.6) is 0 Å². The Morgan fingerprint density at radius 1 is 0.667 bits per heavy atom. The second kappa shape index (κ2) is 5.78. The first-order valence-corrected chi connectivity index (χ1v) is 5.82. The van der Waals surface area contributed by atoms with Crippen molar-refractivity contribution < 1.29 is 15.3 Å². The molecule has 18 heavy (non-hydrogen) atoms. The van der Waals surface area contributed by atoms with Gasteiger partial charge in [-0.2, -0.15) is 0 Å². The summed E-state index contributed by atoms with van der Waals surface area (Å²) < 4.78 is 0. The third kappa shape index (κ3) is 2.59. The summed E-state index contributed by atoms with van der Waals surface area (Å²) in [6, 6.07) is 13.1. The molecule has 0 aliphatic carbocycles. The molecule has 0 aromatic heterocycles. The Labute approximate surface area is 106 Å². The van der Waals surface area contributed by atoms with Crippen LogP contribution in [0, 0.1) is 0 Å². The van der Waals surface area contributed by atoms with Gasteiger partial charge in [-0.3, -0.25) is 0 Å². The summed E-state index contributed by atoms with van der Waals surface area (Å²) in [5.41, 5.74) is 4.37. The van der Waals surface area contributed by atoms with Crippen molar-refractivity contribution in [1.29, 1.82) is 0 Å². The van der Waals surface area contributed by atoms with Gasteiger partial charge in [-0.25, -0.2) is 0 Å². The number of hydrogen-bond donors (Lipinski definition) is 3. The molecule has 3 heteroatoms. The van der Waals surface area contributed by atoms with Crippen LogP contribution in [0.2, 0.25) is 0 Å². The predicted molar refractivity (Wildman–Crippen MR) is 69.6 cm³/mol. The molecule has 3 nitrogen and oxygen atoms in total. The molecule has 0 aliphatic rings. The van der Waals surface area contributed by atoms with Gasteiger partial charge in [-0.1, -0.05) is 42.5 Å². The summed E-state index contributed by atoms with van der Waals surface area (Å²) >= 11 is 0. The predicted octanol–water partition coefficient (Wildman–Crippen LogP) is 1.83. The van der Waals surface area contributed by atoms with Gasteiger partial charge >= 0.3 is 0 Å². The molecule has 0 fully saturated rings. The SMILES string of the molecule is OCc1ccc(-c2ccc(CO)cc2CO)cc1. The largest absolute Gasteiger partial charge is 0.392 e. The van der Waals surface area contributed by atoms with Gasteiger partial charge in [0.25, 0.3) is 0 Å². The maximum Gasteiger partial charge on any atom is 0.0687 e. The Hall–Kier alpha value is -1.68. The van der Waals surface area contributed by atoms with E-state index in [1.54, 1.807) is 6.07 Å². The van der Waals surface area contributed by atoms with E-state index < -0.39 is 0 Å². The van der Waals surface area contributed by atoms with Crippen LogP contribution in [-0.4, -0.2) is 15.3 Å². The highest BCUT2D eigenvalue weighted by atomic mass is 16.3. The zero-order valence-corrected chi connectivity index (χ0v) is 10.0. The lowest BCUT2D eigenvalue weighted by molar-refractivity contribution is 0.275. The first-order chi connectivity index (χ1) is 8.78. The Morgan fingerprint density at radius 3 is 1.83 bits per heavy atom. The van der Waals surface area contributed by atoms with Crippen LogP contribution in [0.3, 0.4) is 0 Å². The number of benzene rings is 2. The summed E-state index contributed by atoms with van der Waals surface area (Å²) in [5, 5.41) is 27.5. The fourth-order valence-electron chi connectivity index (χ4n) is 1.95. The highest BCUT2D eigenvalue weighted by Crippen LogP contribution is 2.25. The van der Waals surface area contributed by atoms with Crippen molar-refractivity contribution in [2.45, 2.75) is 19.8 Å². The van der Waals surface area contributed by atoms with E-state index in [1.165, 1.54) is 0 Å². The molecule has 0 heterocycles. The van der Waals surface area contributed by atoms with E-state index in [4.69, 9.17) is 10.2 Å². The molecular weight excluding hydrogens is 228 g/mol. The van der Waals surface area contributed by atoms with E-state index in [0.717, 1.165) is 27.8 Å². The fraction of sp³-hybridized carbons (Fsp3) is 0.200. The van der Waals surface area contributed by atoms with Crippen molar-refractivity contribution >= 4 is 0 Å². The maximum atomic E-state index is 9.38. The molecule has 2 rings (SSSR count). The first kappa shape index (κ1) is 12.8. The van der Waals surface area contributed by atoms with Gasteiger partial charge < -0.3 is 15.3 Å². The summed E-state index contributed by atoms with van der Waals surface area (Å²) in [5.74, 6) is 0. The highest BCUT2D eigenvalue weighted by Gasteiger charge is 2.05. The zero-order chi connectivity index (χ0) is 13.0. The van der Waals surface area contributed by atoms with E-state index >= 15 is 0 Å². The minimum atomic E-state index is -0.0646. The maximum absolute atomic E-state index is 9.38. The Morgan fingerprint density at radius 2 is 1.28 bits per heavy atom. The van der Waals surface area contributed by atoms with Gasteiger partial charge in [0, 0.05) is 0 Å². The van der Waals surface area contributed by atoms with Gasteiger partial charge in [0.05, 0.1) is 19.8 Å². The minimum absolute atomic E-state index is 0.0244. The van der Waals surface area contributed by atoms with Crippen LogP contribution in [-0.2, 0) is 19.8 Å². The highest BCUT2D eigenvalue weighted by molar-refractivity contribution is 5.68. The molecule has 0 spiro atoms. The second-order valence-corrected chi connectivity index (χ2v) is 4.16. The lowest BCUT2D eigenvalue weighted by atomic mass is 9.97. The van der Waals surface area contributed by atoms with E-state index in [1.807, 2.05) is 36.4 Å². The van der Waals surface area contributed by atoms with Crippen LogP contribution < -0.4 is 0 Å². The summed E-state index contributed by atoms with van der Waals surface area (Å²) in [4.78, 5) is 0. The molecule has 2 aromatic rings. The number of rotatable bonds is 4. The molecule has 0 amide bonds. The van der Waals surface area contributed by atoms with Crippen LogP contribution in [0.25, 0.3) is 11.1 Å². The van der Waals surface area contributed by atoms with E-state index in [9.17, 15) is 5.11 Å². The molecule has 0 radical (unpaired) electrons. The standard InChI is InChI=1S/C15H16O3/c16-8-11-1-4-13(5-2-11)15-6-3-12(9-17)7-14(15)10-18/h1-7,16-18H,8-10H2. The fourth-order valence-corrected chi connectivity index (χ4v) is 1.95. The topological polar surface area (TPSA) is 60.7 Å². The molecule has 0 saturated heterocycles. The minimum Gasteiger partial charge on any atom is -0.392 e. The lowest BCUT2D eigenvalue weighted by Crippen LogP contribution is -1.93. The van der Waals surface area contributed by atoms with Crippen LogP contribution >= 0.6 is 0 Å². The van der Waals surface area contributed by atoms with E-state index in [-0.39, 0.29) is 19.8 Å². The van der Waals surface area contributed by atoms with Gasteiger partial charge in [-0.05, 0) is 27.8 Å². The van der Waals surface area contributed by atoms with Crippen molar-refractivity contribution in [3.8, 4) is 11.1 Å². The Kier molecular flexibility index (Phi) is 4.10. The molecule has 0 aliphatic heterocycles. The molecule has 0 saturated carbocycles. The van der Waals surface area contributed by atoms with E-state index in [2.05, 4.69) is 0 Å². The van der Waals surface area contributed by atoms with Crippen LogP contribution in [0.1, 0.15) is 16.7 Å². The quantitative estimate of drug-likeness (QED) is 0.769. The van der Waals surface area contributed by atoms with Gasteiger partial charge in [0.15, 0.2) is 0 Å². The Bertz CT molecular complexity index is 518. The van der Waals surface area contributed by atoms with Crippen molar-refractivity contribution in [2.24, 2.45) is 0 Å². The summed E-state index contributed by atoms with van der Waals surface area (Å²) in [6.07, 6.45) is 0. The molecule has 94 valence electrons. The van der Waals surface area contributed by atoms with Crippen LogP contribution in [0.15, 0.2) is 42.5 Å². The van der Waals surface area contributed by atoms with Gasteiger partial charge in [0.2, 0.25) is 0 Å². The first-order valence-electron chi connectivity index (χ1n) is 5.82. The molecule has 0 atom stereocenters. The van der Waals surface area contributed by atoms with Crippen LogP contribution in [0.4, 0.5) is 0 Å². The zero-order valence-electron chi connectivity index (χ0n) is 10.0. The summed E-state index contributed by atoms with van der Waals surface area (Å²) in [7, 11) is 0. The van der Waals surface area contributed by atoms with Crippen molar-refractivity contribution in [1.82, 2.24) is 0 Å². The summed E-state index contributed by atoms with van der Waals surface area (Å²) in [6.45, 7) is -0.0712. The number of hydrogen-bond acceptors (Lipinski definition) is 3. The molecule has 2 aromatic carbocycles. The molecular formula is C15H16O3. The van der Waals surface area contributed by atoms with Gasteiger partial charge in [-0.15, -0.1) is 0 Å². The average molecular weight is 244 g/mol. The van der Waals surface area contributed by atoms with Crippen molar-refractivity contribution in [3.05, 3.63) is 59.2 Å². The van der Waals surface area contributed by atoms with Gasteiger partial charge in [0.1, 0.15) is 0 Å². The number of aliphatic hydroxyl groups is 3. The molecule has 3 N–H and O–H groups in total. The van der Waals surface area contributed by atoms with Crippen molar-refractivity contribution in [2.75, 3.05) is 0 Å². The normalized spacial score (nSPS) is 10.6. The Balaban J connectivity index is 2.42. The van der Waals surface area contributed by atoms with E-state index in [0.29, 0.717) is 0 Å². The smallest absolute Gasteiger partial charge is 0.0687 e. The molecule has 0 unspecified atom stereocenters. The average Bonchev–Trinajstić information content (AvgIpc) is 2.46. The monoisotopic (exact) mass is 244 g/mol. The third-order valence-corrected chi connectivity index (χ3v) is 2.97. The second-order valence-electron chi connectivity index (χ2n) is 4.16. The molecule has 0 bridgehead atoms. The lowest BCUT2D eigenvalue weighted by Gasteiger charge is -2.10.